The van der Waals surface area contributed by atoms with E-state index in [1.54, 1.807) is 10.9 Å². The third kappa shape index (κ3) is 6.97. The van der Waals surface area contributed by atoms with Gasteiger partial charge in [-0.2, -0.15) is 0 Å². The molecule has 0 saturated carbocycles. The molecule has 9 nitrogen and oxygen atoms in total. The predicted octanol–water partition coefficient (Wildman–Crippen LogP) is 5.68. The number of benzene rings is 1. The van der Waals surface area contributed by atoms with E-state index in [-0.39, 0.29) is 23.2 Å². The van der Waals surface area contributed by atoms with E-state index in [9.17, 15) is 4.79 Å². The molecule has 0 amide bonds. The topological polar surface area (TPSA) is 98.3 Å². The first kappa shape index (κ1) is 29.7. The molecule has 9 heteroatoms. The third-order valence-corrected chi connectivity index (χ3v) is 7.35. The van der Waals surface area contributed by atoms with Gasteiger partial charge in [0.2, 0.25) is 5.78 Å². The lowest BCUT2D eigenvalue weighted by Crippen LogP contribution is -2.36. The number of aromatic nitrogens is 4. The van der Waals surface area contributed by atoms with Crippen LogP contribution in [0, 0.1) is 6.92 Å². The molecule has 0 atom stereocenters. The molecule has 0 unspecified atom stereocenters. The Bertz CT molecular complexity index is 1550. The molecule has 0 spiro atoms. The summed E-state index contributed by atoms with van der Waals surface area (Å²) in [6.45, 7) is 18.5. The summed E-state index contributed by atoms with van der Waals surface area (Å²) in [5.74, 6) is 1.18. The Morgan fingerprint density at radius 3 is 2.50 bits per heavy atom. The number of pyridine rings is 1. The molecule has 0 radical (unpaired) electrons. The van der Waals surface area contributed by atoms with Crippen LogP contribution < -0.4 is 10.2 Å². The number of hydrogen-bond acceptors (Lipinski definition) is 8. The number of carbonyl (C=O) groups is 1. The van der Waals surface area contributed by atoms with Gasteiger partial charge in [0.15, 0.2) is 5.76 Å². The summed E-state index contributed by atoms with van der Waals surface area (Å²) in [4.78, 5) is 20.1. The van der Waals surface area contributed by atoms with Crippen molar-refractivity contribution in [3.8, 4) is 16.9 Å². The molecule has 4 aromatic rings. The Balaban J connectivity index is 1.35. The van der Waals surface area contributed by atoms with Crippen LogP contribution in [0.2, 0.25) is 0 Å². The highest BCUT2D eigenvalue weighted by molar-refractivity contribution is 5.95. The van der Waals surface area contributed by atoms with Gasteiger partial charge in [0.1, 0.15) is 11.5 Å². The molecule has 42 heavy (non-hydrogen) atoms. The molecular formula is C33H42N6O3. The molecule has 5 rings (SSSR count). The molecule has 1 aliphatic rings. The van der Waals surface area contributed by atoms with Gasteiger partial charge in [-0.05, 0) is 57.0 Å². The largest absolute Gasteiger partial charge is 0.457 e. The van der Waals surface area contributed by atoms with Crippen molar-refractivity contribution in [2.24, 2.45) is 0 Å². The number of Topliss-reactive ketones (excluding diaryl/α,β-unsaturated/α-hetero) is 1. The fourth-order valence-electron chi connectivity index (χ4n) is 5.05. The number of nitrogens with zero attached hydrogens (tertiary/aromatic N) is 5. The van der Waals surface area contributed by atoms with Crippen molar-refractivity contribution < 1.29 is 13.9 Å². The molecule has 0 bridgehead atoms. The number of hydrogen-bond donors (Lipinski definition) is 1. The summed E-state index contributed by atoms with van der Waals surface area (Å²) in [5, 5.41) is 12.4. The van der Waals surface area contributed by atoms with Crippen LogP contribution in [0.4, 0.5) is 5.69 Å². The fraction of sp³-hybridized carbons (Fsp3) is 0.455. The van der Waals surface area contributed by atoms with Gasteiger partial charge in [0, 0.05) is 54.3 Å². The maximum atomic E-state index is 13.4. The number of carbonyl (C=O) groups excluding carboxylic acids is 1. The van der Waals surface area contributed by atoms with Crippen LogP contribution in [0.3, 0.4) is 0 Å². The summed E-state index contributed by atoms with van der Waals surface area (Å²) >= 11 is 0. The lowest BCUT2D eigenvalue weighted by Gasteiger charge is -2.28. The fourth-order valence-corrected chi connectivity index (χ4v) is 5.05. The zero-order chi connectivity index (χ0) is 30.1. The SMILES string of the molecule is Cc1ccc(CC(=O)c2cc(CNC(C)(C)C)c(C(C)(C)C)o2)cc1-n1cc(-c2cncc(N3CCOCC3)c2)nn1. The molecule has 1 fully saturated rings. The highest BCUT2D eigenvalue weighted by atomic mass is 16.5. The zero-order valence-corrected chi connectivity index (χ0v) is 25.8. The monoisotopic (exact) mass is 570 g/mol. The number of furan rings is 1. The summed E-state index contributed by atoms with van der Waals surface area (Å²) in [5.41, 5.74) is 6.24. The summed E-state index contributed by atoms with van der Waals surface area (Å²) < 4.78 is 13.4. The first-order chi connectivity index (χ1) is 19.9. The number of ether oxygens (including phenoxy) is 1. The van der Waals surface area contributed by atoms with Crippen molar-refractivity contribution in [2.45, 2.75) is 72.4 Å². The van der Waals surface area contributed by atoms with E-state index in [1.807, 2.05) is 43.6 Å². The summed E-state index contributed by atoms with van der Waals surface area (Å²) in [6.07, 6.45) is 5.81. The quantitative estimate of drug-likeness (QED) is 0.270. The van der Waals surface area contributed by atoms with Crippen molar-refractivity contribution >= 4 is 11.5 Å². The van der Waals surface area contributed by atoms with E-state index in [1.165, 1.54) is 0 Å². The van der Waals surface area contributed by atoms with Crippen LogP contribution in [-0.2, 0) is 23.1 Å². The van der Waals surface area contributed by atoms with E-state index >= 15 is 0 Å². The van der Waals surface area contributed by atoms with Gasteiger partial charge in [0.25, 0.3) is 0 Å². The summed E-state index contributed by atoms with van der Waals surface area (Å²) in [6, 6.07) is 10.00. The van der Waals surface area contributed by atoms with Crippen molar-refractivity contribution in [2.75, 3.05) is 31.2 Å². The maximum Gasteiger partial charge on any atom is 0.202 e. The Morgan fingerprint density at radius 2 is 1.79 bits per heavy atom. The molecule has 0 aliphatic carbocycles. The highest BCUT2D eigenvalue weighted by Gasteiger charge is 2.26. The lowest BCUT2D eigenvalue weighted by atomic mass is 9.90. The summed E-state index contributed by atoms with van der Waals surface area (Å²) in [7, 11) is 0. The molecule has 222 valence electrons. The molecule has 1 aromatic carbocycles. The first-order valence-electron chi connectivity index (χ1n) is 14.6. The zero-order valence-electron chi connectivity index (χ0n) is 25.8. The van der Waals surface area contributed by atoms with Crippen LogP contribution in [0.25, 0.3) is 16.9 Å². The standard InChI is InChI=1S/C33H42N6O3/c1-22-8-9-23(15-29(40)30-17-25(19-35-33(5,6)7)31(42-30)32(2,3)4)14-28(22)39-21-27(36-37-39)24-16-26(20-34-18-24)38-10-12-41-13-11-38/h8-9,14,16-18,20-21,35H,10-13,15,19H2,1-7H3. The minimum absolute atomic E-state index is 0.0435. The Kier molecular flexibility index (Phi) is 8.35. The van der Waals surface area contributed by atoms with Gasteiger partial charge >= 0.3 is 0 Å². The van der Waals surface area contributed by atoms with Crippen molar-refractivity contribution in [1.29, 1.82) is 0 Å². The van der Waals surface area contributed by atoms with Crippen LogP contribution in [0.5, 0.6) is 0 Å². The average Bonchev–Trinajstić information content (AvgIpc) is 3.61. The number of anilines is 1. The van der Waals surface area contributed by atoms with Crippen molar-refractivity contribution in [3.63, 3.8) is 0 Å². The van der Waals surface area contributed by atoms with Gasteiger partial charge in [-0.25, -0.2) is 4.68 Å². The molecule has 1 saturated heterocycles. The van der Waals surface area contributed by atoms with Crippen LogP contribution >= 0.6 is 0 Å². The van der Waals surface area contributed by atoms with Gasteiger partial charge < -0.3 is 19.4 Å². The maximum absolute atomic E-state index is 13.4. The second-order valence-electron chi connectivity index (χ2n) is 13.1. The van der Waals surface area contributed by atoms with E-state index in [0.29, 0.717) is 25.5 Å². The van der Waals surface area contributed by atoms with E-state index < -0.39 is 0 Å². The molecule has 1 N–H and O–H groups in total. The van der Waals surface area contributed by atoms with Gasteiger partial charge in [-0.3, -0.25) is 9.78 Å². The number of rotatable bonds is 8. The number of nitrogens with one attached hydrogen (secondary N) is 1. The smallest absolute Gasteiger partial charge is 0.202 e. The van der Waals surface area contributed by atoms with E-state index in [2.05, 4.69) is 73.1 Å². The molecule has 3 aromatic heterocycles. The van der Waals surface area contributed by atoms with Gasteiger partial charge in [0.05, 0.1) is 37.0 Å². The normalized spacial score (nSPS) is 14.4. The second-order valence-corrected chi connectivity index (χ2v) is 13.1. The van der Waals surface area contributed by atoms with E-state index in [0.717, 1.165) is 58.2 Å². The molecular weight excluding hydrogens is 528 g/mol. The minimum Gasteiger partial charge on any atom is -0.457 e. The third-order valence-electron chi connectivity index (χ3n) is 7.35. The second kappa shape index (κ2) is 11.8. The highest BCUT2D eigenvalue weighted by Crippen LogP contribution is 2.30. The minimum atomic E-state index is -0.216. The van der Waals surface area contributed by atoms with Crippen LogP contribution in [0.1, 0.15) is 74.5 Å². The number of ketones is 1. The molecule has 4 heterocycles. The van der Waals surface area contributed by atoms with Crippen molar-refractivity contribution in [1.82, 2.24) is 25.3 Å². The van der Waals surface area contributed by atoms with Crippen LogP contribution in [-0.4, -0.2) is 57.6 Å². The average molecular weight is 571 g/mol. The lowest BCUT2D eigenvalue weighted by molar-refractivity contribution is 0.0963. The first-order valence-corrected chi connectivity index (χ1v) is 14.6. The Labute approximate surface area is 248 Å². The Morgan fingerprint density at radius 1 is 1.02 bits per heavy atom. The van der Waals surface area contributed by atoms with Gasteiger partial charge in [-0.15, -0.1) is 5.10 Å². The van der Waals surface area contributed by atoms with Crippen molar-refractivity contribution in [3.05, 3.63) is 77.1 Å². The predicted molar refractivity (Wildman–Crippen MR) is 164 cm³/mol. The number of morpholine rings is 1. The Hall–Kier alpha value is -3.82. The molecule has 1 aliphatic heterocycles. The van der Waals surface area contributed by atoms with Crippen LogP contribution in [0.15, 0.2) is 53.3 Å². The van der Waals surface area contributed by atoms with E-state index in [4.69, 9.17) is 9.15 Å². The van der Waals surface area contributed by atoms with Gasteiger partial charge in [-0.1, -0.05) is 38.1 Å². The number of aryl methyl sites for hydroxylation is 1.